The van der Waals surface area contributed by atoms with Crippen LogP contribution in [0.25, 0.3) is 11.4 Å². The molecule has 0 aliphatic heterocycles. The van der Waals surface area contributed by atoms with Crippen LogP contribution in [0.2, 0.25) is 0 Å². The molecule has 2 rings (SSSR count). The molecule has 0 aliphatic carbocycles. The van der Waals surface area contributed by atoms with Gasteiger partial charge < -0.3 is 4.74 Å². The normalized spacial score (nSPS) is 13.2. The fraction of sp³-hybridized carbons (Fsp3) is 0.600. The second-order valence-electron chi connectivity index (χ2n) is 7.96. The summed E-state index contributed by atoms with van der Waals surface area (Å²) in [6.07, 6.45) is 11.7. The number of aromatic nitrogens is 2. The highest BCUT2D eigenvalue weighted by molar-refractivity contribution is 5.55. The van der Waals surface area contributed by atoms with Crippen LogP contribution < -0.4 is 4.74 Å². The average molecular weight is 419 g/mol. The molecular weight excluding hydrogens is 382 g/mol. The van der Waals surface area contributed by atoms with Crippen LogP contribution in [0.4, 0.5) is 8.78 Å². The molecule has 0 N–H and O–H groups in total. The molecule has 0 bridgehead atoms. The number of hydrogen-bond acceptors (Lipinski definition) is 3. The van der Waals surface area contributed by atoms with Gasteiger partial charge in [-0.3, -0.25) is 0 Å². The van der Waals surface area contributed by atoms with Crippen LogP contribution >= 0.6 is 0 Å². The van der Waals surface area contributed by atoms with Crippen molar-refractivity contribution in [3.8, 4) is 17.1 Å². The van der Waals surface area contributed by atoms with Gasteiger partial charge in [0.2, 0.25) is 0 Å². The number of ether oxygens (including phenoxy) is 1. The number of halogens is 2. The molecule has 0 aliphatic rings. The van der Waals surface area contributed by atoms with Crippen molar-refractivity contribution in [3.05, 3.63) is 42.2 Å². The van der Waals surface area contributed by atoms with Crippen molar-refractivity contribution in [2.75, 3.05) is 6.61 Å². The summed E-state index contributed by atoms with van der Waals surface area (Å²) in [4.78, 5) is 8.96. The van der Waals surface area contributed by atoms with Crippen molar-refractivity contribution in [1.29, 1.82) is 0 Å². The minimum atomic E-state index is -1.30. The van der Waals surface area contributed by atoms with E-state index in [1.54, 1.807) is 19.1 Å². The smallest absolute Gasteiger partial charge is 0.159 e. The van der Waals surface area contributed by atoms with Crippen molar-refractivity contribution in [2.45, 2.75) is 90.4 Å². The van der Waals surface area contributed by atoms with Gasteiger partial charge in [0.25, 0.3) is 0 Å². The Balaban J connectivity index is 1.74. The number of aryl methyl sites for hydroxylation is 1. The van der Waals surface area contributed by atoms with Gasteiger partial charge in [-0.1, -0.05) is 52.4 Å². The Kier molecular flexibility index (Phi) is 11.3. The number of benzene rings is 1. The maximum Gasteiger partial charge on any atom is 0.159 e. The number of rotatable bonds is 15. The lowest BCUT2D eigenvalue weighted by Gasteiger charge is -2.12. The number of nitrogens with zero attached hydrogens (tertiary/aromatic N) is 2. The molecule has 30 heavy (non-hydrogen) atoms. The molecular formula is C25H36F2N2O. The van der Waals surface area contributed by atoms with E-state index in [-0.39, 0.29) is 13.0 Å². The van der Waals surface area contributed by atoms with Gasteiger partial charge in [0.1, 0.15) is 24.7 Å². The van der Waals surface area contributed by atoms with Crippen molar-refractivity contribution >= 4 is 0 Å². The lowest BCUT2D eigenvalue weighted by molar-refractivity contribution is 0.149. The van der Waals surface area contributed by atoms with E-state index >= 15 is 0 Å². The van der Waals surface area contributed by atoms with Gasteiger partial charge in [-0.25, -0.2) is 18.7 Å². The minimum Gasteiger partial charge on any atom is -0.491 e. The summed E-state index contributed by atoms with van der Waals surface area (Å²) in [6, 6.07) is 7.25. The standard InChI is InChI=1S/C25H36F2N2O/c1-3-5-6-7-8-9-10-11-20-17-28-25(29-18-20)21-12-14-24(15-13-21)30-19-23(27)16-22(26)4-2/h12-15,17-18,22-23H,3-11,16,19H2,1-2H3. The van der Waals surface area contributed by atoms with E-state index in [1.807, 2.05) is 24.5 Å². The van der Waals surface area contributed by atoms with Crippen LogP contribution in [0.15, 0.2) is 36.7 Å². The van der Waals surface area contributed by atoms with Crippen molar-refractivity contribution in [3.63, 3.8) is 0 Å². The van der Waals surface area contributed by atoms with Gasteiger partial charge in [-0.05, 0) is 49.1 Å². The first-order valence-electron chi connectivity index (χ1n) is 11.4. The van der Waals surface area contributed by atoms with E-state index in [0.717, 1.165) is 12.0 Å². The highest BCUT2D eigenvalue weighted by Gasteiger charge is 2.14. The summed E-state index contributed by atoms with van der Waals surface area (Å²) in [5, 5.41) is 0. The zero-order valence-corrected chi connectivity index (χ0v) is 18.5. The first kappa shape index (κ1) is 24.2. The van der Waals surface area contributed by atoms with Crippen LogP contribution in [0.1, 0.15) is 77.2 Å². The third-order valence-corrected chi connectivity index (χ3v) is 5.27. The second-order valence-corrected chi connectivity index (χ2v) is 7.96. The highest BCUT2D eigenvalue weighted by Crippen LogP contribution is 2.20. The molecule has 166 valence electrons. The molecule has 1 heterocycles. The number of unbranched alkanes of at least 4 members (excludes halogenated alkanes) is 6. The molecule has 1 aromatic carbocycles. The van der Waals surface area contributed by atoms with Crippen LogP contribution in [0.5, 0.6) is 5.75 Å². The Morgan fingerprint density at radius 2 is 1.47 bits per heavy atom. The van der Waals surface area contributed by atoms with Crippen molar-refractivity contribution in [2.24, 2.45) is 0 Å². The SMILES string of the molecule is CCCCCCCCCc1cnc(-c2ccc(OCC(F)CC(F)CC)cc2)nc1. The summed E-state index contributed by atoms with van der Waals surface area (Å²) in [5.74, 6) is 1.22. The number of alkyl halides is 2. The minimum absolute atomic E-state index is 0.117. The Bertz CT molecular complexity index is 691. The molecule has 2 atom stereocenters. The second kappa shape index (κ2) is 14.1. The molecule has 1 aromatic heterocycles. The van der Waals surface area contributed by atoms with E-state index in [4.69, 9.17) is 4.74 Å². The van der Waals surface area contributed by atoms with Gasteiger partial charge in [0.05, 0.1) is 0 Å². The summed E-state index contributed by atoms with van der Waals surface area (Å²) in [6.45, 7) is 3.82. The van der Waals surface area contributed by atoms with Gasteiger partial charge >= 0.3 is 0 Å². The maximum absolute atomic E-state index is 13.7. The topological polar surface area (TPSA) is 35.0 Å². The zero-order valence-electron chi connectivity index (χ0n) is 18.5. The molecule has 0 fully saturated rings. The van der Waals surface area contributed by atoms with E-state index in [9.17, 15) is 8.78 Å². The first-order chi connectivity index (χ1) is 14.6. The number of hydrogen-bond donors (Lipinski definition) is 0. The van der Waals surface area contributed by atoms with Crippen molar-refractivity contribution in [1.82, 2.24) is 9.97 Å². The molecule has 3 nitrogen and oxygen atoms in total. The summed E-state index contributed by atoms with van der Waals surface area (Å²) in [7, 11) is 0. The third-order valence-electron chi connectivity index (χ3n) is 5.27. The van der Waals surface area contributed by atoms with Gasteiger partial charge in [0.15, 0.2) is 5.82 Å². The average Bonchev–Trinajstić information content (AvgIpc) is 2.78. The molecule has 5 heteroatoms. The zero-order chi connectivity index (χ0) is 21.6. The van der Waals surface area contributed by atoms with Crippen LogP contribution in [0, 0.1) is 0 Å². The van der Waals surface area contributed by atoms with E-state index in [1.165, 1.54) is 50.5 Å². The summed E-state index contributed by atoms with van der Waals surface area (Å²) < 4.78 is 32.3. The van der Waals surface area contributed by atoms with Gasteiger partial charge in [0, 0.05) is 24.4 Å². The van der Waals surface area contributed by atoms with Crippen LogP contribution in [-0.2, 0) is 6.42 Å². The molecule has 0 amide bonds. The molecule has 2 aromatic rings. The molecule has 0 saturated carbocycles. The Hall–Kier alpha value is -2.04. The summed E-state index contributed by atoms with van der Waals surface area (Å²) in [5.41, 5.74) is 2.05. The predicted molar refractivity (Wildman–Crippen MR) is 119 cm³/mol. The monoisotopic (exact) mass is 418 g/mol. The summed E-state index contributed by atoms with van der Waals surface area (Å²) >= 11 is 0. The largest absolute Gasteiger partial charge is 0.491 e. The van der Waals surface area contributed by atoms with Gasteiger partial charge in [-0.2, -0.15) is 0 Å². The Morgan fingerprint density at radius 1 is 0.833 bits per heavy atom. The maximum atomic E-state index is 13.7. The molecule has 0 radical (unpaired) electrons. The quantitative estimate of drug-likeness (QED) is 0.285. The van der Waals surface area contributed by atoms with E-state index < -0.39 is 12.3 Å². The highest BCUT2D eigenvalue weighted by atomic mass is 19.1. The Morgan fingerprint density at radius 3 is 2.10 bits per heavy atom. The van der Waals surface area contributed by atoms with Gasteiger partial charge in [-0.15, -0.1) is 0 Å². The molecule has 0 saturated heterocycles. The molecule has 0 spiro atoms. The molecule has 2 unspecified atom stereocenters. The fourth-order valence-corrected chi connectivity index (χ4v) is 3.32. The van der Waals surface area contributed by atoms with E-state index in [2.05, 4.69) is 16.9 Å². The Labute approximate surface area is 180 Å². The van der Waals surface area contributed by atoms with E-state index in [0.29, 0.717) is 18.0 Å². The van der Waals surface area contributed by atoms with Crippen molar-refractivity contribution < 1.29 is 13.5 Å². The lowest BCUT2D eigenvalue weighted by Crippen LogP contribution is -2.17. The first-order valence-corrected chi connectivity index (χ1v) is 11.4. The lowest BCUT2D eigenvalue weighted by atomic mass is 10.1. The fourth-order valence-electron chi connectivity index (χ4n) is 3.32. The van der Waals surface area contributed by atoms with Crippen LogP contribution in [0.3, 0.4) is 0 Å². The van der Waals surface area contributed by atoms with Crippen LogP contribution in [-0.4, -0.2) is 28.9 Å². The predicted octanol–water partition coefficient (Wildman–Crippen LogP) is 7.29. The third kappa shape index (κ3) is 9.19.